The van der Waals surface area contributed by atoms with Crippen molar-refractivity contribution in [3.8, 4) is 0 Å². The number of ether oxygens (including phenoxy) is 1. The molecule has 0 spiro atoms. The van der Waals surface area contributed by atoms with Crippen molar-refractivity contribution in [3.63, 3.8) is 0 Å². The van der Waals surface area contributed by atoms with Crippen LogP contribution in [0.25, 0.3) is 0 Å². The molecule has 0 unspecified atom stereocenters. The van der Waals surface area contributed by atoms with Crippen molar-refractivity contribution in [1.82, 2.24) is 4.90 Å². The van der Waals surface area contributed by atoms with E-state index in [1.807, 2.05) is 36.4 Å². The molecule has 0 radical (unpaired) electrons. The maximum absolute atomic E-state index is 12.5. The SMILES string of the molecule is CCC[C@H](C)C[C@H](C)C/C=C/C(=O)N1C(=O)OC[C@H]1c1ccccc1. The molecule has 1 saturated heterocycles. The smallest absolute Gasteiger partial charge is 0.417 e. The lowest BCUT2D eigenvalue weighted by molar-refractivity contribution is -0.124. The van der Waals surface area contributed by atoms with E-state index >= 15 is 0 Å². The van der Waals surface area contributed by atoms with E-state index in [9.17, 15) is 9.59 Å². The Labute approximate surface area is 150 Å². The third-order valence-corrected chi connectivity index (χ3v) is 4.68. The first-order chi connectivity index (χ1) is 12.0. The van der Waals surface area contributed by atoms with E-state index in [-0.39, 0.29) is 18.6 Å². The van der Waals surface area contributed by atoms with Gasteiger partial charge in [0.05, 0.1) is 0 Å². The van der Waals surface area contributed by atoms with Crippen LogP contribution >= 0.6 is 0 Å². The van der Waals surface area contributed by atoms with Gasteiger partial charge in [0.25, 0.3) is 5.91 Å². The number of hydrogen-bond donors (Lipinski definition) is 0. The van der Waals surface area contributed by atoms with E-state index in [4.69, 9.17) is 4.74 Å². The molecule has 0 saturated carbocycles. The van der Waals surface area contributed by atoms with Gasteiger partial charge in [-0.1, -0.05) is 70.0 Å². The molecule has 1 aliphatic heterocycles. The molecule has 0 bridgehead atoms. The Morgan fingerprint density at radius 2 is 2.00 bits per heavy atom. The predicted octanol–water partition coefficient (Wildman–Crippen LogP) is 5.12. The standard InChI is InChI=1S/C21H29NO3/c1-4-9-16(2)14-17(3)10-8-13-20(23)22-19(15-25-21(22)24)18-11-6-5-7-12-18/h5-8,11-13,16-17,19H,4,9-10,14-15H2,1-3H3/b13-8+/t16-,17+,19-/m0/s1. The number of carbonyl (C=O) groups is 2. The van der Waals surface area contributed by atoms with E-state index in [1.165, 1.54) is 23.8 Å². The van der Waals surface area contributed by atoms with Crippen LogP contribution in [-0.4, -0.2) is 23.5 Å². The molecule has 0 N–H and O–H groups in total. The summed E-state index contributed by atoms with van der Waals surface area (Å²) in [4.78, 5) is 25.7. The molecule has 1 heterocycles. The minimum Gasteiger partial charge on any atom is -0.446 e. The molecule has 2 amide bonds. The van der Waals surface area contributed by atoms with Gasteiger partial charge in [0.1, 0.15) is 12.6 Å². The lowest BCUT2D eigenvalue weighted by atomic mass is 9.92. The second-order valence-corrected chi connectivity index (χ2v) is 7.08. The number of amides is 2. The largest absolute Gasteiger partial charge is 0.446 e. The molecule has 2 rings (SSSR count). The van der Waals surface area contributed by atoms with E-state index < -0.39 is 6.09 Å². The zero-order valence-corrected chi connectivity index (χ0v) is 15.5. The molecule has 136 valence electrons. The Morgan fingerprint density at radius 1 is 1.28 bits per heavy atom. The first-order valence-corrected chi connectivity index (χ1v) is 9.24. The topological polar surface area (TPSA) is 46.6 Å². The summed E-state index contributed by atoms with van der Waals surface area (Å²) in [6.07, 6.45) is 7.30. The molecule has 1 aromatic rings. The molecule has 3 atom stereocenters. The third kappa shape index (κ3) is 5.45. The molecular formula is C21H29NO3. The number of carbonyl (C=O) groups excluding carboxylic acids is 2. The zero-order valence-electron chi connectivity index (χ0n) is 15.5. The van der Waals surface area contributed by atoms with Crippen LogP contribution in [0.5, 0.6) is 0 Å². The molecule has 25 heavy (non-hydrogen) atoms. The van der Waals surface area contributed by atoms with Gasteiger partial charge < -0.3 is 4.74 Å². The van der Waals surface area contributed by atoms with Gasteiger partial charge in [-0.15, -0.1) is 0 Å². The molecular weight excluding hydrogens is 314 g/mol. The fraction of sp³-hybridized carbons (Fsp3) is 0.524. The average molecular weight is 343 g/mol. The molecule has 0 aliphatic carbocycles. The van der Waals surface area contributed by atoms with Gasteiger partial charge in [-0.05, 0) is 36.3 Å². The number of cyclic esters (lactones) is 1. The molecule has 1 aromatic carbocycles. The number of nitrogens with zero attached hydrogens (tertiary/aromatic N) is 1. The van der Waals surface area contributed by atoms with Crippen molar-refractivity contribution in [2.75, 3.05) is 6.61 Å². The fourth-order valence-corrected chi connectivity index (χ4v) is 3.46. The van der Waals surface area contributed by atoms with Crippen LogP contribution in [0, 0.1) is 11.8 Å². The summed E-state index contributed by atoms with van der Waals surface area (Å²) in [5.41, 5.74) is 0.914. The highest BCUT2D eigenvalue weighted by Crippen LogP contribution is 2.28. The molecule has 1 aliphatic rings. The third-order valence-electron chi connectivity index (χ3n) is 4.68. The summed E-state index contributed by atoms with van der Waals surface area (Å²) >= 11 is 0. The van der Waals surface area contributed by atoms with Gasteiger partial charge in [-0.3, -0.25) is 4.79 Å². The first-order valence-electron chi connectivity index (χ1n) is 9.24. The van der Waals surface area contributed by atoms with Gasteiger partial charge >= 0.3 is 6.09 Å². The molecule has 0 aromatic heterocycles. The quantitative estimate of drug-likeness (QED) is 0.616. The Bertz CT molecular complexity index is 596. The van der Waals surface area contributed by atoms with Crippen molar-refractivity contribution in [2.45, 2.75) is 52.5 Å². The van der Waals surface area contributed by atoms with Gasteiger partial charge in [0.15, 0.2) is 0 Å². The molecule has 4 heteroatoms. The van der Waals surface area contributed by atoms with Gasteiger partial charge in [-0.2, -0.15) is 0 Å². The van der Waals surface area contributed by atoms with E-state index in [0.717, 1.165) is 18.4 Å². The summed E-state index contributed by atoms with van der Waals surface area (Å²) in [6.45, 7) is 6.91. The normalized spacial score (nSPS) is 19.9. The van der Waals surface area contributed by atoms with Gasteiger partial charge in [-0.25, -0.2) is 9.69 Å². The average Bonchev–Trinajstić information content (AvgIpc) is 2.97. The minimum absolute atomic E-state index is 0.216. The maximum atomic E-state index is 12.5. The number of rotatable bonds is 8. The number of hydrogen-bond acceptors (Lipinski definition) is 3. The Balaban J connectivity index is 1.93. The minimum atomic E-state index is -0.562. The zero-order chi connectivity index (χ0) is 18.2. The first kappa shape index (κ1) is 19.2. The van der Waals surface area contributed by atoms with Crippen LogP contribution < -0.4 is 0 Å². The van der Waals surface area contributed by atoms with Crippen LogP contribution in [0.15, 0.2) is 42.5 Å². The van der Waals surface area contributed by atoms with E-state index in [1.54, 1.807) is 0 Å². The second kappa shape index (κ2) is 9.40. The number of allylic oxidation sites excluding steroid dienone is 1. The summed E-state index contributed by atoms with van der Waals surface area (Å²) in [5, 5.41) is 0. The van der Waals surface area contributed by atoms with Crippen molar-refractivity contribution < 1.29 is 14.3 Å². The Kier molecular flexibility index (Phi) is 7.23. The lowest BCUT2D eigenvalue weighted by Crippen LogP contribution is -2.32. The van der Waals surface area contributed by atoms with Crippen molar-refractivity contribution in [2.24, 2.45) is 11.8 Å². The highest BCUT2D eigenvalue weighted by molar-refractivity contribution is 5.99. The van der Waals surface area contributed by atoms with Crippen LogP contribution in [0.3, 0.4) is 0 Å². The van der Waals surface area contributed by atoms with Crippen molar-refractivity contribution in [3.05, 3.63) is 48.0 Å². The van der Waals surface area contributed by atoms with E-state index in [2.05, 4.69) is 20.8 Å². The van der Waals surface area contributed by atoms with E-state index in [0.29, 0.717) is 11.8 Å². The summed E-state index contributed by atoms with van der Waals surface area (Å²) < 4.78 is 5.09. The monoisotopic (exact) mass is 343 g/mol. The summed E-state index contributed by atoms with van der Waals surface area (Å²) in [5.74, 6) is 0.936. The van der Waals surface area contributed by atoms with Crippen LogP contribution in [0.4, 0.5) is 4.79 Å². The Morgan fingerprint density at radius 3 is 2.68 bits per heavy atom. The molecule has 4 nitrogen and oxygen atoms in total. The van der Waals surface area contributed by atoms with Crippen LogP contribution in [-0.2, 0) is 9.53 Å². The highest BCUT2D eigenvalue weighted by atomic mass is 16.6. The van der Waals surface area contributed by atoms with Crippen LogP contribution in [0.2, 0.25) is 0 Å². The predicted molar refractivity (Wildman–Crippen MR) is 99.0 cm³/mol. The van der Waals surface area contributed by atoms with Gasteiger partial charge in [0.2, 0.25) is 0 Å². The Hall–Kier alpha value is -2.10. The maximum Gasteiger partial charge on any atom is 0.417 e. The second-order valence-electron chi connectivity index (χ2n) is 7.08. The summed E-state index contributed by atoms with van der Waals surface area (Å²) in [7, 11) is 0. The van der Waals surface area contributed by atoms with Gasteiger partial charge in [0, 0.05) is 0 Å². The molecule has 1 fully saturated rings. The fourth-order valence-electron chi connectivity index (χ4n) is 3.46. The van der Waals surface area contributed by atoms with Crippen molar-refractivity contribution >= 4 is 12.0 Å². The number of imide groups is 1. The highest BCUT2D eigenvalue weighted by Gasteiger charge is 2.37. The lowest BCUT2D eigenvalue weighted by Gasteiger charge is -2.18. The number of benzene rings is 1. The van der Waals surface area contributed by atoms with Crippen molar-refractivity contribution in [1.29, 1.82) is 0 Å². The van der Waals surface area contributed by atoms with Crippen LogP contribution in [0.1, 0.15) is 58.1 Å². The summed E-state index contributed by atoms with van der Waals surface area (Å²) in [6, 6.07) is 9.19.